The molecule has 0 radical (unpaired) electrons. The lowest BCUT2D eigenvalue weighted by molar-refractivity contribution is -0.147. The summed E-state index contributed by atoms with van der Waals surface area (Å²) >= 11 is 17.9. The van der Waals surface area contributed by atoms with Crippen LogP contribution in [0.25, 0.3) is 0 Å². The summed E-state index contributed by atoms with van der Waals surface area (Å²) in [4.78, 5) is 0. The summed E-state index contributed by atoms with van der Waals surface area (Å²) in [7, 11) is 0. The maximum absolute atomic E-state index is 9.82. The van der Waals surface area contributed by atoms with Crippen LogP contribution in [-0.4, -0.2) is 17.3 Å². The van der Waals surface area contributed by atoms with Crippen molar-refractivity contribution in [2.45, 2.75) is 38.9 Å². The summed E-state index contributed by atoms with van der Waals surface area (Å²) in [5.74, 6) is 0.516. The Morgan fingerprint density at radius 3 is 2.44 bits per heavy atom. The Bertz CT molecular complexity index is 464. The summed E-state index contributed by atoms with van der Waals surface area (Å²) in [6.07, 6.45) is 1.08. The molecule has 1 aromatic carbocycles. The summed E-state index contributed by atoms with van der Waals surface area (Å²) in [6, 6.07) is 3.19. The molecule has 0 saturated heterocycles. The Morgan fingerprint density at radius 2 is 1.89 bits per heavy atom. The van der Waals surface area contributed by atoms with Crippen molar-refractivity contribution in [3.8, 4) is 5.75 Å². The van der Waals surface area contributed by atoms with E-state index in [4.69, 9.17) is 39.5 Å². The van der Waals surface area contributed by atoms with Crippen LogP contribution in [0.3, 0.4) is 0 Å². The molecule has 0 aromatic heterocycles. The highest BCUT2D eigenvalue weighted by Crippen LogP contribution is 2.47. The number of hydrogen-bond acceptors (Lipinski definition) is 2. The SMILES string of the molecule is CCC1(C)C(O)CC1Oc1cc(Cl)c(Cl)cc1Cl. The quantitative estimate of drug-likeness (QED) is 0.828. The van der Waals surface area contributed by atoms with Crippen molar-refractivity contribution in [3.63, 3.8) is 0 Å². The van der Waals surface area contributed by atoms with E-state index in [0.29, 0.717) is 27.2 Å². The molecule has 1 aliphatic rings. The van der Waals surface area contributed by atoms with Crippen molar-refractivity contribution in [1.82, 2.24) is 0 Å². The third-order valence-corrected chi connectivity index (χ3v) is 4.96. The molecule has 0 amide bonds. The summed E-state index contributed by atoms with van der Waals surface area (Å²) in [5, 5.41) is 11.1. The van der Waals surface area contributed by atoms with E-state index in [1.807, 2.05) is 13.8 Å². The average Bonchev–Trinajstić information content (AvgIpc) is 2.34. The van der Waals surface area contributed by atoms with E-state index in [2.05, 4.69) is 0 Å². The van der Waals surface area contributed by atoms with Crippen LogP contribution in [0.4, 0.5) is 0 Å². The van der Waals surface area contributed by atoms with Gasteiger partial charge in [-0.2, -0.15) is 0 Å². The fourth-order valence-electron chi connectivity index (χ4n) is 2.19. The van der Waals surface area contributed by atoms with E-state index in [-0.39, 0.29) is 17.6 Å². The number of aliphatic hydroxyl groups is 1. The van der Waals surface area contributed by atoms with Gasteiger partial charge in [0.05, 0.1) is 21.2 Å². The molecule has 100 valence electrons. The maximum Gasteiger partial charge on any atom is 0.139 e. The number of halogens is 3. The van der Waals surface area contributed by atoms with Gasteiger partial charge in [0.2, 0.25) is 0 Å². The van der Waals surface area contributed by atoms with E-state index in [9.17, 15) is 5.11 Å². The first kappa shape index (κ1) is 14.3. The van der Waals surface area contributed by atoms with Crippen LogP contribution in [0.15, 0.2) is 12.1 Å². The molecule has 1 aromatic rings. The predicted molar refractivity (Wildman–Crippen MR) is 74.9 cm³/mol. The van der Waals surface area contributed by atoms with Crippen LogP contribution in [0.2, 0.25) is 15.1 Å². The third kappa shape index (κ3) is 2.32. The Labute approximate surface area is 122 Å². The number of rotatable bonds is 3. The Kier molecular flexibility index (Phi) is 4.03. The lowest BCUT2D eigenvalue weighted by atomic mass is 9.63. The second-order valence-electron chi connectivity index (χ2n) is 4.91. The van der Waals surface area contributed by atoms with E-state index in [1.54, 1.807) is 12.1 Å². The minimum Gasteiger partial charge on any atom is -0.488 e. The van der Waals surface area contributed by atoms with Gasteiger partial charge in [-0.15, -0.1) is 0 Å². The van der Waals surface area contributed by atoms with Crippen LogP contribution in [0.5, 0.6) is 5.75 Å². The molecule has 2 nitrogen and oxygen atoms in total. The zero-order valence-electron chi connectivity index (χ0n) is 10.2. The van der Waals surface area contributed by atoms with Crippen LogP contribution in [0.1, 0.15) is 26.7 Å². The lowest BCUT2D eigenvalue weighted by Gasteiger charge is -2.50. The van der Waals surface area contributed by atoms with E-state index in [0.717, 1.165) is 6.42 Å². The third-order valence-electron chi connectivity index (χ3n) is 3.94. The fourth-order valence-corrected chi connectivity index (χ4v) is 2.77. The molecule has 1 saturated carbocycles. The Morgan fingerprint density at radius 1 is 1.28 bits per heavy atom. The summed E-state index contributed by atoms with van der Waals surface area (Å²) in [6.45, 7) is 4.05. The molecular formula is C13H15Cl3O2. The minimum absolute atomic E-state index is 0.0488. The molecular weight excluding hydrogens is 294 g/mol. The van der Waals surface area contributed by atoms with Gasteiger partial charge in [0.1, 0.15) is 11.9 Å². The van der Waals surface area contributed by atoms with Crippen molar-refractivity contribution in [3.05, 3.63) is 27.2 Å². The molecule has 5 heteroatoms. The highest BCUT2D eigenvalue weighted by atomic mass is 35.5. The van der Waals surface area contributed by atoms with E-state index < -0.39 is 0 Å². The molecule has 0 spiro atoms. The fraction of sp³-hybridized carbons (Fsp3) is 0.538. The molecule has 0 aliphatic heterocycles. The molecule has 3 atom stereocenters. The monoisotopic (exact) mass is 308 g/mol. The maximum atomic E-state index is 9.82. The lowest BCUT2D eigenvalue weighted by Crippen LogP contribution is -2.57. The first-order valence-electron chi connectivity index (χ1n) is 5.87. The normalized spacial score (nSPS) is 31.0. The number of aliphatic hydroxyl groups excluding tert-OH is 1. The molecule has 1 aliphatic carbocycles. The molecule has 0 bridgehead atoms. The summed E-state index contributed by atoms with van der Waals surface area (Å²) < 4.78 is 5.86. The van der Waals surface area contributed by atoms with Gasteiger partial charge in [-0.1, -0.05) is 48.7 Å². The molecule has 1 fully saturated rings. The van der Waals surface area contributed by atoms with Crippen molar-refractivity contribution in [1.29, 1.82) is 0 Å². The molecule has 18 heavy (non-hydrogen) atoms. The first-order chi connectivity index (χ1) is 8.38. The molecule has 2 rings (SSSR count). The zero-order valence-corrected chi connectivity index (χ0v) is 12.5. The topological polar surface area (TPSA) is 29.5 Å². The smallest absolute Gasteiger partial charge is 0.139 e. The van der Waals surface area contributed by atoms with Crippen LogP contribution >= 0.6 is 34.8 Å². The van der Waals surface area contributed by atoms with Gasteiger partial charge in [-0.25, -0.2) is 0 Å². The van der Waals surface area contributed by atoms with Crippen molar-refractivity contribution < 1.29 is 9.84 Å². The molecule has 3 unspecified atom stereocenters. The first-order valence-corrected chi connectivity index (χ1v) is 7.01. The second-order valence-corrected chi connectivity index (χ2v) is 6.14. The standard InChI is InChI=1S/C13H15Cl3O2/c1-3-13(2)11(17)6-12(13)18-10-5-8(15)7(14)4-9(10)16/h4-5,11-12,17H,3,6H2,1-2H3. The Balaban J connectivity index is 2.18. The number of hydrogen-bond donors (Lipinski definition) is 1. The van der Waals surface area contributed by atoms with Crippen LogP contribution in [-0.2, 0) is 0 Å². The number of ether oxygens (including phenoxy) is 1. The minimum atomic E-state index is -0.325. The number of benzene rings is 1. The highest BCUT2D eigenvalue weighted by Gasteiger charge is 2.51. The Hall–Kier alpha value is -0.150. The van der Waals surface area contributed by atoms with Gasteiger partial charge in [-0.05, 0) is 12.5 Å². The highest BCUT2D eigenvalue weighted by molar-refractivity contribution is 6.43. The second kappa shape index (κ2) is 5.09. The van der Waals surface area contributed by atoms with Crippen molar-refractivity contribution in [2.75, 3.05) is 0 Å². The average molecular weight is 310 g/mol. The van der Waals surface area contributed by atoms with Crippen molar-refractivity contribution >= 4 is 34.8 Å². The van der Waals surface area contributed by atoms with Gasteiger partial charge in [0, 0.05) is 17.9 Å². The zero-order chi connectivity index (χ0) is 13.5. The predicted octanol–water partition coefficient (Wildman–Crippen LogP) is 4.58. The van der Waals surface area contributed by atoms with Gasteiger partial charge in [-0.3, -0.25) is 0 Å². The summed E-state index contributed by atoms with van der Waals surface area (Å²) in [5.41, 5.74) is -0.227. The van der Waals surface area contributed by atoms with Gasteiger partial charge in [0.15, 0.2) is 0 Å². The van der Waals surface area contributed by atoms with E-state index >= 15 is 0 Å². The van der Waals surface area contributed by atoms with Crippen molar-refractivity contribution in [2.24, 2.45) is 5.41 Å². The van der Waals surface area contributed by atoms with Crippen LogP contribution in [0, 0.1) is 5.41 Å². The van der Waals surface area contributed by atoms with Gasteiger partial charge >= 0.3 is 0 Å². The van der Waals surface area contributed by atoms with Gasteiger partial charge < -0.3 is 9.84 Å². The van der Waals surface area contributed by atoms with Crippen LogP contribution < -0.4 is 4.74 Å². The molecule has 1 N–H and O–H groups in total. The molecule has 0 heterocycles. The van der Waals surface area contributed by atoms with E-state index in [1.165, 1.54) is 0 Å². The largest absolute Gasteiger partial charge is 0.488 e. The van der Waals surface area contributed by atoms with Gasteiger partial charge in [0.25, 0.3) is 0 Å².